The highest BCUT2D eigenvalue weighted by molar-refractivity contribution is 5.91. The van der Waals surface area contributed by atoms with E-state index in [2.05, 4.69) is 10.5 Å². The minimum atomic E-state index is -0.288. The van der Waals surface area contributed by atoms with Crippen molar-refractivity contribution in [3.8, 4) is 5.75 Å². The van der Waals surface area contributed by atoms with Crippen LogP contribution in [0.25, 0.3) is 0 Å². The van der Waals surface area contributed by atoms with E-state index in [9.17, 15) is 9.18 Å². The number of nitrogens with one attached hydrogen (secondary N) is 1. The summed E-state index contributed by atoms with van der Waals surface area (Å²) in [4.78, 5) is 16.7. The second-order valence-electron chi connectivity index (χ2n) is 5.91. The SMILES string of the molecule is O=C(CO/N=C/c1ccc(OCc2cccc(F)c2)cc1)Nc1ccccc1. The van der Waals surface area contributed by atoms with Crippen molar-refractivity contribution in [2.45, 2.75) is 6.61 Å². The van der Waals surface area contributed by atoms with Crippen LogP contribution in [0.2, 0.25) is 0 Å². The number of hydrogen-bond donors (Lipinski definition) is 1. The Morgan fingerprint density at radius 2 is 1.79 bits per heavy atom. The van der Waals surface area contributed by atoms with Crippen LogP contribution in [0.5, 0.6) is 5.75 Å². The van der Waals surface area contributed by atoms with Gasteiger partial charge in [0.05, 0.1) is 6.21 Å². The Balaban J connectivity index is 1.41. The van der Waals surface area contributed by atoms with Gasteiger partial charge in [-0.25, -0.2) is 4.39 Å². The third-order valence-corrected chi connectivity index (χ3v) is 3.70. The number of carbonyl (C=O) groups excluding carboxylic acids is 1. The van der Waals surface area contributed by atoms with E-state index in [1.807, 2.05) is 18.2 Å². The quantitative estimate of drug-likeness (QED) is 0.467. The van der Waals surface area contributed by atoms with Crippen LogP contribution in [0, 0.1) is 5.82 Å². The lowest BCUT2D eigenvalue weighted by Gasteiger charge is -2.06. The zero-order valence-electron chi connectivity index (χ0n) is 15.0. The molecule has 5 nitrogen and oxygen atoms in total. The zero-order chi connectivity index (χ0) is 19.6. The monoisotopic (exact) mass is 378 g/mol. The highest BCUT2D eigenvalue weighted by atomic mass is 19.1. The molecule has 0 unspecified atom stereocenters. The number of amides is 1. The smallest absolute Gasteiger partial charge is 0.265 e. The Morgan fingerprint density at radius 1 is 1.00 bits per heavy atom. The minimum absolute atomic E-state index is 0.180. The first-order valence-corrected chi connectivity index (χ1v) is 8.66. The lowest BCUT2D eigenvalue weighted by atomic mass is 10.2. The van der Waals surface area contributed by atoms with E-state index >= 15 is 0 Å². The predicted octanol–water partition coefficient (Wildman–Crippen LogP) is 4.39. The van der Waals surface area contributed by atoms with E-state index in [0.717, 1.165) is 11.1 Å². The Hall–Kier alpha value is -3.67. The summed E-state index contributed by atoms with van der Waals surface area (Å²) in [5, 5.41) is 6.49. The number of carbonyl (C=O) groups is 1. The molecule has 0 spiro atoms. The first-order chi connectivity index (χ1) is 13.7. The number of rotatable bonds is 8. The molecule has 0 aliphatic carbocycles. The van der Waals surface area contributed by atoms with Crippen molar-refractivity contribution in [3.63, 3.8) is 0 Å². The van der Waals surface area contributed by atoms with Crippen molar-refractivity contribution < 1.29 is 18.8 Å². The maximum absolute atomic E-state index is 13.1. The molecule has 1 N–H and O–H groups in total. The zero-order valence-corrected chi connectivity index (χ0v) is 15.0. The molecule has 6 heteroatoms. The molecule has 0 saturated heterocycles. The number of benzene rings is 3. The summed E-state index contributed by atoms with van der Waals surface area (Å²) in [5.74, 6) is 0.0825. The highest BCUT2D eigenvalue weighted by Gasteiger charge is 2.02. The molecular formula is C22H19FN2O3. The molecule has 0 radical (unpaired) electrons. The van der Waals surface area contributed by atoms with Crippen LogP contribution in [0.1, 0.15) is 11.1 Å². The third-order valence-electron chi connectivity index (χ3n) is 3.70. The van der Waals surface area contributed by atoms with Gasteiger partial charge in [0, 0.05) is 5.69 Å². The molecule has 3 rings (SSSR count). The molecule has 142 valence electrons. The van der Waals surface area contributed by atoms with Gasteiger partial charge in [-0.15, -0.1) is 0 Å². The van der Waals surface area contributed by atoms with Crippen LogP contribution < -0.4 is 10.1 Å². The van der Waals surface area contributed by atoms with Crippen molar-refractivity contribution in [1.29, 1.82) is 0 Å². The summed E-state index contributed by atoms with van der Waals surface area (Å²) in [6.45, 7) is 0.102. The van der Waals surface area contributed by atoms with Crippen LogP contribution in [-0.4, -0.2) is 18.7 Å². The number of oxime groups is 1. The van der Waals surface area contributed by atoms with Gasteiger partial charge in [0.15, 0.2) is 6.61 Å². The Bertz CT molecular complexity index is 928. The highest BCUT2D eigenvalue weighted by Crippen LogP contribution is 2.14. The molecule has 0 aliphatic heterocycles. The van der Waals surface area contributed by atoms with Crippen molar-refractivity contribution in [2.24, 2.45) is 5.16 Å². The molecular weight excluding hydrogens is 359 g/mol. The van der Waals surface area contributed by atoms with Gasteiger partial charge in [-0.3, -0.25) is 4.79 Å². The van der Waals surface area contributed by atoms with Gasteiger partial charge in [0.1, 0.15) is 18.2 Å². The maximum Gasteiger partial charge on any atom is 0.265 e. The average Bonchev–Trinajstić information content (AvgIpc) is 2.71. The minimum Gasteiger partial charge on any atom is -0.489 e. The third kappa shape index (κ3) is 6.25. The van der Waals surface area contributed by atoms with Gasteiger partial charge >= 0.3 is 0 Å². The first kappa shape index (κ1) is 19.1. The number of ether oxygens (including phenoxy) is 1. The summed E-state index contributed by atoms with van der Waals surface area (Å²) in [6.07, 6.45) is 1.51. The number of halogens is 1. The lowest BCUT2D eigenvalue weighted by molar-refractivity contribution is -0.120. The first-order valence-electron chi connectivity index (χ1n) is 8.66. The Labute approximate surface area is 162 Å². The largest absolute Gasteiger partial charge is 0.489 e. The normalized spacial score (nSPS) is 10.6. The lowest BCUT2D eigenvalue weighted by Crippen LogP contribution is -2.16. The average molecular weight is 378 g/mol. The number of hydrogen-bond acceptors (Lipinski definition) is 4. The Kier molecular flexibility index (Phi) is 6.73. The predicted molar refractivity (Wildman–Crippen MR) is 106 cm³/mol. The van der Waals surface area contributed by atoms with E-state index in [4.69, 9.17) is 9.57 Å². The summed E-state index contributed by atoms with van der Waals surface area (Å²) in [5.41, 5.74) is 2.25. The van der Waals surface area contributed by atoms with E-state index in [1.54, 1.807) is 48.5 Å². The molecule has 0 bridgehead atoms. The van der Waals surface area contributed by atoms with Crippen LogP contribution in [-0.2, 0) is 16.2 Å². The van der Waals surface area contributed by atoms with Crippen LogP contribution in [0.15, 0.2) is 84.0 Å². The van der Waals surface area contributed by atoms with Crippen molar-refractivity contribution in [2.75, 3.05) is 11.9 Å². The number of anilines is 1. The van der Waals surface area contributed by atoms with E-state index in [-0.39, 0.29) is 24.9 Å². The van der Waals surface area contributed by atoms with Crippen LogP contribution >= 0.6 is 0 Å². The van der Waals surface area contributed by atoms with Gasteiger partial charge in [0.2, 0.25) is 0 Å². The molecule has 0 aliphatic rings. The van der Waals surface area contributed by atoms with Crippen LogP contribution in [0.3, 0.4) is 0 Å². The maximum atomic E-state index is 13.1. The molecule has 0 saturated carbocycles. The van der Waals surface area contributed by atoms with E-state index in [0.29, 0.717) is 11.4 Å². The van der Waals surface area contributed by atoms with E-state index < -0.39 is 0 Å². The Morgan fingerprint density at radius 3 is 2.54 bits per heavy atom. The number of para-hydroxylation sites is 1. The van der Waals surface area contributed by atoms with E-state index in [1.165, 1.54) is 18.3 Å². The molecule has 0 heterocycles. The van der Waals surface area contributed by atoms with Gasteiger partial charge < -0.3 is 14.9 Å². The second-order valence-corrected chi connectivity index (χ2v) is 5.91. The molecule has 0 fully saturated rings. The van der Waals surface area contributed by atoms with Crippen molar-refractivity contribution >= 4 is 17.8 Å². The standard InChI is InChI=1S/C22H19FN2O3/c23-19-6-4-5-18(13-19)15-27-21-11-9-17(10-12-21)14-24-28-16-22(26)25-20-7-2-1-3-8-20/h1-14H,15-16H2,(H,25,26)/b24-14+. The van der Waals surface area contributed by atoms with Crippen molar-refractivity contribution in [1.82, 2.24) is 0 Å². The van der Waals surface area contributed by atoms with Crippen molar-refractivity contribution in [3.05, 3.63) is 95.8 Å². The summed E-state index contributed by atoms with van der Waals surface area (Å²) < 4.78 is 18.8. The molecule has 0 aromatic heterocycles. The fraction of sp³-hybridized carbons (Fsp3) is 0.0909. The summed E-state index contributed by atoms with van der Waals surface area (Å²) >= 11 is 0. The summed E-state index contributed by atoms with van der Waals surface area (Å²) in [7, 11) is 0. The molecule has 1 amide bonds. The summed E-state index contributed by atoms with van der Waals surface area (Å²) in [6, 6.07) is 22.6. The fourth-order valence-corrected chi connectivity index (χ4v) is 2.36. The number of nitrogens with zero attached hydrogens (tertiary/aromatic N) is 1. The van der Waals surface area contributed by atoms with Gasteiger partial charge in [-0.05, 0) is 59.7 Å². The van der Waals surface area contributed by atoms with Gasteiger partial charge in [-0.2, -0.15) is 0 Å². The molecule has 28 heavy (non-hydrogen) atoms. The molecule has 0 atom stereocenters. The topological polar surface area (TPSA) is 59.9 Å². The molecule has 3 aromatic rings. The van der Waals surface area contributed by atoms with Gasteiger partial charge in [-0.1, -0.05) is 35.5 Å². The fourth-order valence-electron chi connectivity index (χ4n) is 2.36. The second kappa shape index (κ2) is 9.87. The molecule has 3 aromatic carbocycles. The van der Waals surface area contributed by atoms with Crippen LogP contribution in [0.4, 0.5) is 10.1 Å². The van der Waals surface area contributed by atoms with Gasteiger partial charge in [0.25, 0.3) is 5.91 Å².